The zero-order valence-corrected chi connectivity index (χ0v) is 11.2. The van der Waals surface area contributed by atoms with Crippen molar-refractivity contribution in [1.82, 2.24) is 4.90 Å². The normalized spacial score (nSPS) is 22.7. The first kappa shape index (κ1) is 13.0. The molecule has 0 radical (unpaired) electrons. The van der Waals surface area contributed by atoms with Crippen molar-refractivity contribution in [3.63, 3.8) is 0 Å². The van der Waals surface area contributed by atoms with Crippen molar-refractivity contribution in [2.24, 2.45) is 5.92 Å². The number of nitrogens with zero attached hydrogens (tertiary/aromatic N) is 1. The Balaban J connectivity index is 2.14. The minimum absolute atomic E-state index is 0.184. The van der Waals surface area contributed by atoms with Gasteiger partial charge in [-0.3, -0.25) is 4.79 Å². The molecule has 0 saturated heterocycles. The minimum Gasteiger partial charge on any atom is -0.309 e. The van der Waals surface area contributed by atoms with Crippen molar-refractivity contribution in [2.75, 3.05) is 20.6 Å². The highest BCUT2D eigenvalue weighted by Gasteiger charge is 2.26. The number of benzene rings is 1. The molecule has 0 aliphatic heterocycles. The van der Waals surface area contributed by atoms with Gasteiger partial charge in [-0.25, -0.2) is 0 Å². The van der Waals surface area contributed by atoms with E-state index in [0.717, 1.165) is 36.9 Å². The van der Waals surface area contributed by atoms with E-state index in [1.54, 1.807) is 0 Å². The number of carbonyl (C=O) groups is 1. The number of carbonyl (C=O) groups excluding carboxylic acids is 1. The van der Waals surface area contributed by atoms with Crippen molar-refractivity contribution in [2.45, 2.75) is 19.3 Å². The third-order valence-corrected chi connectivity index (χ3v) is 3.41. The van der Waals surface area contributed by atoms with E-state index in [1.165, 1.54) is 0 Å². The molecule has 2 rings (SSSR count). The monoisotopic (exact) mass is 243 g/mol. The maximum Gasteiger partial charge on any atom is 0.163 e. The van der Waals surface area contributed by atoms with Crippen LogP contribution in [0.25, 0.3) is 6.08 Å². The second kappa shape index (κ2) is 5.96. The van der Waals surface area contributed by atoms with Gasteiger partial charge in [-0.15, -0.1) is 0 Å². The van der Waals surface area contributed by atoms with Crippen molar-refractivity contribution in [1.29, 1.82) is 0 Å². The Morgan fingerprint density at radius 1 is 1.28 bits per heavy atom. The molecule has 1 aromatic rings. The lowest BCUT2D eigenvalue weighted by Crippen LogP contribution is -2.31. The molecule has 2 nitrogen and oxygen atoms in total. The Bertz CT molecular complexity index is 434. The number of allylic oxidation sites excluding steroid dienone is 1. The lowest BCUT2D eigenvalue weighted by Gasteiger charge is -2.25. The number of hydrogen-bond acceptors (Lipinski definition) is 2. The number of hydrogen-bond donors (Lipinski definition) is 0. The molecule has 1 atom stereocenters. The molecule has 0 spiro atoms. The average Bonchev–Trinajstić information content (AvgIpc) is 2.35. The van der Waals surface area contributed by atoms with Crippen LogP contribution in [0.15, 0.2) is 35.9 Å². The van der Waals surface area contributed by atoms with Crippen LogP contribution in [0.3, 0.4) is 0 Å². The van der Waals surface area contributed by atoms with Crippen LogP contribution in [0.2, 0.25) is 0 Å². The van der Waals surface area contributed by atoms with Crippen molar-refractivity contribution in [3.8, 4) is 0 Å². The third kappa shape index (κ3) is 3.30. The van der Waals surface area contributed by atoms with Crippen molar-refractivity contribution < 1.29 is 4.79 Å². The zero-order chi connectivity index (χ0) is 13.0. The first-order chi connectivity index (χ1) is 8.66. The van der Waals surface area contributed by atoms with E-state index in [1.807, 2.05) is 32.3 Å². The summed E-state index contributed by atoms with van der Waals surface area (Å²) in [5, 5.41) is 0. The Labute approximate surface area is 109 Å². The maximum atomic E-state index is 12.4. The summed E-state index contributed by atoms with van der Waals surface area (Å²) in [7, 11) is 4.06. The zero-order valence-electron chi connectivity index (χ0n) is 11.2. The number of rotatable bonds is 3. The van der Waals surface area contributed by atoms with Gasteiger partial charge in [0.05, 0.1) is 0 Å². The molecular formula is C16H21NO. The summed E-state index contributed by atoms with van der Waals surface area (Å²) >= 11 is 0. The molecule has 1 aliphatic rings. The van der Waals surface area contributed by atoms with Gasteiger partial charge in [-0.1, -0.05) is 30.3 Å². The van der Waals surface area contributed by atoms with Gasteiger partial charge in [0.25, 0.3) is 0 Å². The van der Waals surface area contributed by atoms with Crippen LogP contribution >= 0.6 is 0 Å². The third-order valence-electron chi connectivity index (χ3n) is 3.41. The van der Waals surface area contributed by atoms with E-state index >= 15 is 0 Å². The highest BCUT2D eigenvalue weighted by Crippen LogP contribution is 2.27. The summed E-state index contributed by atoms with van der Waals surface area (Å²) in [6, 6.07) is 10.1. The van der Waals surface area contributed by atoms with E-state index in [0.29, 0.717) is 5.78 Å². The molecule has 0 N–H and O–H groups in total. The summed E-state index contributed by atoms with van der Waals surface area (Å²) in [6.07, 6.45) is 5.15. The van der Waals surface area contributed by atoms with Crippen LogP contribution in [0, 0.1) is 5.92 Å². The van der Waals surface area contributed by atoms with Crippen LogP contribution in [0.5, 0.6) is 0 Å². The van der Waals surface area contributed by atoms with Crippen molar-refractivity contribution >= 4 is 11.9 Å². The van der Waals surface area contributed by atoms with Gasteiger partial charge in [0, 0.05) is 12.5 Å². The molecular weight excluding hydrogens is 222 g/mol. The van der Waals surface area contributed by atoms with Crippen LogP contribution in [0.1, 0.15) is 24.8 Å². The fraction of sp³-hybridized carbons (Fsp3) is 0.438. The van der Waals surface area contributed by atoms with E-state index in [4.69, 9.17) is 0 Å². The summed E-state index contributed by atoms with van der Waals surface area (Å²) in [4.78, 5) is 14.5. The maximum absolute atomic E-state index is 12.4. The van der Waals surface area contributed by atoms with Gasteiger partial charge in [-0.2, -0.15) is 0 Å². The average molecular weight is 243 g/mol. The van der Waals surface area contributed by atoms with Gasteiger partial charge in [0.1, 0.15) is 0 Å². The Morgan fingerprint density at radius 3 is 2.67 bits per heavy atom. The second-order valence-corrected chi connectivity index (χ2v) is 5.30. The molecule has 1 fully saturated rings. The minimum atomic E-state index is 0.184. The molecule has 1 aromatic carbocycles. The van der Waals surface area contributed by atoms with Crippen LogP contribution in [-0.4, -0.2) is 31.3 Å². The second-order valence-electron chi connectivity index (χ2n) is 5.30. The lowest BCUT2D eigenvalue weighted by molar-refractivity contribution is -0.120. The van der Waals surface area contributed by atoms with Crippen LogP contribution < -0.4 is 0 Å². The fourth-order valence-electron chi connectivity index (χ4n) is 2.56. The van der Waals surface area contributed by atoms with Gasteiger partial charge in [-0.05, 0) is 50.6 Å². The predicted octanol–water partition coefficient (Wildman–Crippen LogP) is 3.00. The Hall–Kier alpha value is -1.41. The summed E-state index contributed by atoms with van der Waals surface area (Å²) in [6.45, 7) is 0.866. The van der Waals surface area contributed by atoms with Gasteiger partial charge < -0.3 is 4.90 Å². The first-order valence-corrected chi connectivity index (χ1v) is 6.61. The van der Waals surface area contributed by atoms with Crippen molar-refractivity contribution in [3.05, 3.63) is 41.5 Å². The molecule has 0 bridgehead atoms. The molecule has 1 saturated carbocycles. The van der Waals surface area contributed by atoms with Crippen LogP contribution in [0.4, 0.5) is 0 Å². The molecule has 96 valence electrons. The SMILES string of the molecule is CN(C)C[C@H]1CCC/C(=C\c2ccccc2)C1=O. The molecule has 18 heavy (non-hydrogen) atoms. The molecule has 2 heteroatoms. The van der Waals surface area contributed by atoms with E-state index < -0.39 is 0 Å². The van der Waals surface area contributed by atoms with E-state index in [2.05, 4.69) is 23.1 Å². The first-order valence-electron chi connectivity index (χ1n) is 6.61. The van der Waals surface area contributed by atoms with Crippen LogP contribution in [-0.2, 0) is 4.79 Å². The highest BCUT2D eigenvalue weighted by atomic mass is 16.1. The summed E-state index contributed by atoms with van der Waals surface area (Å²) in [5.74, 6) is 0.530. The Kier molecular flexibility index (Phi) is 4.32. The summed E-state index contributed by atoms with van der Waals surface area (Å²) < 4.78 is 0. The lowest BCUT2D eigenvalue weighted by atomic mass is 9.83. The number of ketones is 1. The quantitative estimate of drug-likeness (QED) is 0.761. The highest BCUT2D eigenvalue weighted by molar-refractivity contribution is 6.01. The van der Waals surface area contributed by atoms with E-state index in [9.17, 15) is 4.79 Å². The number of Topliss-reactive ketones (excluding diaryl/α,β-unsaturated/α-hetero) is 1. The van der Waals surface area contributed by atoms with Gasteiger partial charge >= 0.3 is 0 Å². The fourth-order valence-corrected chi connectivity index (χ4v) is 2.56. The largest absolute Gasteiger partial charge is 0.309 e. The standard InChI is InChI=1S/C16H21NO/c1-17(2)12-15-10-6-9-14(16(15)18)11-13-7-4-3-5-8-13/h3-5,7-8,11,15H,6,9-10,12H2,1-2H3/b14-11+/t15-/m1/s1. The smallest absolute Gasteiger partial charge is 0.163 e. The predicted molar refractivity (Wildman–Crippen MR) is 75.3 cm³/mol. The Morgan fingerprint density at radius 2 is 2.00 bits per heavy atom. The molecule has 0 amide bonds. The van der Waals surface area contributed by atoms with Gasteiger partial charge in [0.15, 0.2) is 5.78 Å². The van der Waals surface area contributed by atoms with Gasteiger partial charge in [0.2, 0.25) is 0 Å². The molecule has 0 heterocycles. The molecule has 1 aliphatic carbocycles. The molecule has 0 aromatic heterocycles. The molecule has 0 unspecified atom stereocenters. The summed E-state index contributed by atoms with van der Waals surface area (Å²) in [5.41, 5.74) is 2.13. The topological polar surface area (TPSA) is 20.3 Å². The van der Waals surface area contributed by atoms with E-state index in [-0.39, 0.29) is 5.92 Å².